The van der Waals surface area contributed by atoms with Crippen LogP contribution in [0.5, 0.6) is 0 Å². The van der Waals surface area contributed by atoms with Crippen molar-refractivity contribution in [2.24, 2.45) is 10.1 Å². The minimum absolute atomic E-state index is 0.854. The number of hydrazone groups is 1. The monoisotopic (exact) mass is 121 g/mol. The van der Waals surface area contributed by atoms with Crippen molar-refractivity contribution in [1.82, 2.24) is 5.43 Å². The van der Waals surface area contributed by atoms with E-state index in [4.69, 9.17) is 0 Å². The summed E-state index contributed by atoms with van der Waals surface area (Å²) in [7, 11) is 0. The quantitative estimate of drug-likeness (QED) is 0.509. The Hall–Kier alpha value is -1.38. The third-order valence-corrected chi connectivity index (χ3v) is 0.860. The van der Waals surface area contributed by atoms with Gasteiger partial charge in [0.2, 0.25) is 0 Å². The van der Waals surface area contributed by atoms with Crippen LogP contribution in [0.4, 0.5) is 0 Å². The van der Waals surface area contributed by atoms with E-state index in [2.05, 4.69) is 22.2 Å². The van der Waals surface area contributed by atoms with Crippen LogP contribution in [0.2, 0.25) is 0 Å². The first-order chi connectivity index (χ1) is 4.43. The van der Waals surface area contributed by atoms with Gasteiger partial charge in [-0.15, -0.1) is 0 Å². The maximum absolute atomic E-state index is 3.76. The van der Waals surface area contributed by atoms with Crippen molar-refractivity contribution >= 4 is 12.9 Å². The van der Waals surface area contributed by atoms with Gasteiger partial charge in [-0.25, -0.2) is 0 Å². The van der Waals surface area contributed by atoms with Gasteiger partial charge in [-0.05, 0) is 18.9 Å². The topological polar surface area (TPSA) is 36.8 Å². The zero-order valence-corrected chi connectivity index (χ0v) is 4.91. The van der Waals surface area contributed by atoms with Crippen LogP contribution in [-0.4, -0.2) is 12.9 Å². The molecule has 0 fully saturated rings. The number of hydrogen-bond donors (Lipinski definition) is 1. The summed E-state index contributed by atoms with van der Waals surface area (Å²) >= 11 is 0. The van der Waals surface area contributed by atoms with Gasteiger partial charge in [0.25, 0.3) is 0 Å². The Bertz CT molecular complexity index is 188. The molecule has 1 rings (SSSR count). The lowest BCUT2D eigenvalue weighted by Crippen LogP contribution is -2.05. The molecule has 1 aliphatic rings. The number of rotatable bonds is 1. The van der Waals surface area contributed by atoms with Gasteiger partial charge in [-0.1, -0.05) is 0 Å². The lowest BCUT2D eigenvalue weighted by atomic mass is 10.4. The Morgan fingerprint density at radius 2 is 2.67 bits per heavy atom. The first kappa shape index (κ1) is 5.75. The molecule has 0 saturated carbocycles. The van der Waals surface area contributed by atoms with Gasteiger partial charge in [0, 0.05) is 6.21 Å². The summed E-state index contributed by atoms with van der Waals surface area (Å²) in [4.78, 5) is 3.56. The SMILES string of the molecule is C=N/C=C1/C=CC=NN1. The summed E-state index contributed by atoms with van der Waals surface area (Å²) in [5.74, 6) is 0. The van der Waals surface area contributed by atoms with Crippen LogP contribution in [-0.2, 0) is 0 Å². The van der Waals surface area contributed by atoms with Gasteiger partial charge < -0.3 is 0 Å². The third kappa shape index (κ3) is 1.53. The number of nitrogens with zero attached hydrogens (tertiary/aromatic N) is 2. The molecular formula is C6H7N3. The standard InChI is InChI=1S/C6H7N3/c1-7-5-6-3-2-4-8-9-6/h2-5,9H,1H2/b6-5-. The first-order valence-corrected chi connectivity index (χ1v) is 2.55. The second-order valence-corrected chi connectivity index (χ2v) is 1.52. The Balaban J connectivity index is 2.65. The molecule has 0 aromatic rings. The first-order valence-electron chi connectivity index (χ1n) is 2.55. The second-order valence-electron chi connectivity index (χ2n) is 1.52. The van der Waals surface area contributed by atoms with E-state index in [-0.39, 0.29) is 0 Å². The molecule has 1 heterocycles. The van der Waals surface area contributed by atoms with Crippen molar-refractivity contribution in [3.63, 3.8) is 0 Å². The van der Waals surface area contributed by atoms with Gasteiger partial charge >= 0.3 is 0 Å². The van der Waals surface area contributed by atoms with Gasteiger partial charge in [-0.2, -0.15) is 5.10 Å². The van der Waals surface area contributed by atoms with Crippen molar-refractivity contribution in [2.75, 3.05) is 0 Å². The minimum Gasteiger partial charge on any atom is -0.277 e. The van der Waals surface area contributed by atoms with Crippen molar-refractivity contribution in [2.45, 2.75) is 0 Å². The van der Waals surface area contributed by atoms with Crippen LogP contribution < -0.4 is 5.43 Å². The largest absolute Gasteiger partial charge is 0.277 e. The summed E-state index contributed by atoms with van der Waals surface area (Å²) in [6.45, 7) is 3.30. The number of hydrogen-bond acceptors (Lipinski definition) is 3. The van der Waals surface area contributed by atoms with Crippen molar-refractivity contribution in [3.8, 4) is 0 Å². The van der Waals surface area contributed by atoms with Crippen molar-refractivity contribution in [1.29, 1.82) is 0 Å². The van der Waals surface area contributed by atoms with Crippen LogP contribution >= 0.6 is 0 Å². The normalized spacial score (nSPS) is 19.8. The predicted octanol–water partition coefficient (Wildman–Crippen LogP) is 0.674. The molecular weight excluding hydrogens is 114 g/mol. The lowest BCUT2D eigenvalue weighted by Gasteiger charge is -2.00. The summed E-state index contributed by atoms with van der Waals surface area (Å²) < 4.78 is 0. The van der Waals surface area contributed by atoms with Crippen LogP contribution in [0, 0.1) is 0 Å². The highest BCUT2D eigenvalue weighted by molar-refractivity contribution is 5.72. The van der Waals surface area contributed by atoms with E-state index in [1.807, 2.05) is 12.2 Å². The Morgan fingerprint density at radius 3 is 3.22 bits per heavy atom. The molecule has 46 valence electrons. The van der Waals surface area contributed by atoms with E-state index in [0.717, 1.165) is 5.70 Å². The third-order valence-electron chi connectivity index (χ3n) is 0.860. The molecule has 3 heteroatoms. The molecule has 0 radical (unpaired) electrons. The summed E-state index contributed by atoms with van der Waals surface area (Å²) in [5, 5.41) is 3.76. The van der Waals surface area contributed by atoms with Gasteiger partial charge in [-0.3, -0.25) is 10.4 Å². The molecule has 9 heavy (non-hydrogen) atoms. The number of nitrogens with one attached hydrogen (secondary N) is 1. The molecule has 3 nitrogen and oxygen atoms in total. The molecule has 0 bridgehead atoms. The highest BCUT2D eigenvalue weighted by Crippen LogP contribution is 1.94. The van der Waals surface area contributed by atoms with Gasteiger partial charge in [0.1, 0.15) is 0 Å². The summed E-state index contributed by atoms with van der Waals surface area (Å²) in [6.07, 6.45) is 6.96. The Kier molecular flexibility index (Phi) is 1.80. The maximum Gasteiger partial charge on any atom is 0.0744 e. The van der Waals surface area contributed by atoms with E-state index in [0.29, 0.717) is 0 Å². The highest BCUT2D eigenvalue weighted by Gasteiger charge is 1.88. The van der Waals surface area contributed by atoms with Crippen molar-refractivity contribution in [3.05, 3.63) is 24.0 Å². The molecule has 0 aromatic carbocycles. The summed E-state index contributed by atoms with van der Waals surface area (Å²) in [6, 6.07) is 0. The number of aliphatic imine (C=N–C) groups is 1. The lowest BCUT2D eigenvalue weighted by molar-refractivity contribution is 0.912. The molecule has 1 N–H and O–H groups in total. The zero-order chi connectivity index (χ0) is 6.53. The number of allylic oxidation sites excluding steroid dienone is 2. The van der Waals surface area contributed by atoms with E-state index in [1.165, 1.54) is 0 Å². The average Bonchev–Trinajstić information content (AvgIpc) is 1.91. The zero-order valence-electron chi connectivity index (χ0n) is 4.91. The fraction of sp³-hybridized carbons (Fsp3) is 0. The fourth-order valence-electron chi connectivity index (χ4n) is 0.509. The summed E-state index contributed by atoms with van der Waals surface area (Å²) in [5.41, 5.74) is 3.58. The van der Waals surface area contributed by atoms with Gasteiger partial charge in [0.15, 0.2) is 0 Å². The maximum atomic E-state index is 3.76. The molecule has 0 aliphatic carbocycles. The molecule has 0 unspecified atom stereocenters. The van der Waals surface area contributed by atoms with E-state index >= 15 is 0 Å². The van der Waals surface area contributed by atoms with Crippen LogP contribution in [0.1, 0.15) is 0 Å². The highest BCUT2D eigenvalue weighted by atomic mass is 15.3. The molecule has 0 atom stereocenters. The Morgan fingerprint density at radius 1 is 1.78 bits per heavy atom. The van der Waals surface area contributed by atoms with E-state index in [1.54, 1.807) is 12.4 Å². The Labute approximate surface area is 53.5 Å². The molecule has 0 amide bonds. The van der Waals surface area contributed by atoms with E-state index in [9.17, 15) is 0 Å². The second kappa shape index (κ2) is 2.81. The average molecular weight is 121 g/mol. The molecule has 0 saturated heterocycles. The molecule has 1 aliphatic heterocycles. The van der Waals surface area contributed by atoms with Crippen LogP contribution in [0.15, 0.2) is 34.1 Å². The van der Waals surface area contributed by atoms with Crippen LogP contribution in [0.3, 0.4) is 0 Å². The molecule has 0 aromatic heterocycles. The van der Waals surface area contributed by atoms with Crippen molar-refractivity contribution < 1.29 is 0 Å². The minimum atomic E-state index is 0.854. The predicted molar refractivity (Wildman–Crippen MR) is 38.4 cm³/mol. The van der Waals surface area contributed by atoms with Gasteiger partial charge in [0.05, 0.1) is 11.9 Å². The smallest absolute Gasteiger partial charge is 0.0744 e. The fourth-order valence-corrected chi connectivity index (χ4v) is 0.509. The van der Waals surface area contributed by atoms with E-state index < -0.39 is 0 Å². The van der Waals surface area contributed by atoms with Crippen LogP contribution in [0.25, 0.3) is 0 Å². The molecule has 0 spiro atoms.